The average molecular weight is 345 g/mol. The molecule has 1 aliphatic rings. The van der Waals surface area contributed by atoms with Crippen LogP contribution in [0.3, 0.4) is 0 Å². The molecule has 1 aromatic heterocycles. The summed E-state index contributed by atoms with van der Waals surface area (Å²) in [4.78, 5) is 31.0. The summed E-state index contributed by atoms with van der Waals surface area (Å²) in [6, 6.07) is 5.63. The van der Waals surface area contributed by atoms with E-state index < -0.39 is 9.85 Å². The fourth-order valence-corrected chi connectivity index (χ4v) is 2.59. The minimum absolute atomic E-state index is 0.0280. The molecule has 130 valence electrons. The van der Waals surface area contributed by atoms with Crippen LogP contribution in [0.15, 0.2) is 30.6 Å². The number of hydrogen-bond donors (Lipinski definition) is 2. The van der Waals surface area contributed by atoms with E-state index in [1.54, 1.807) is 0 Å². The minimum atomic E-state index is -0.520. The van der Waals surface area contributed by atoms with Crippen LogP contribution in [0.5, 0.6) is 0 Å². The van der Waals surface area contributed by atoms with Crippen LogP contribution < -0.4 is 15.8 Å². The number of nitrogens with zero attached hydrogens (tertiary/aromatic N) is 5. The Morgan fingerprint density at radius 2 is 1.64 bits per heavy atom. The van der Waals surface area contributed by atoms with E-state index in [-0.39, 0.29) is 23.0 Å². The largest absolute Gasteiger partial charge is 0.355 e. The highest BCUT2D eigenvalue weighted by Gasteiger charge is 2.28. The normalized spacial score (nSPS) is 13.5. The van der Waals surface area contributed by atoms with Gasteiger partial charge in [0.1, 0.15) is 6.33 Å². The fourth-order valence-electron chi connectivity index (χ4n) is 2.59. The molecule has 1 fully saturated rings. The maximum absolute atomic E-state index is 11.5. The van der Waals surface area contributed by atoms with E-state index >= 15 is 0 Å². The van der Waals surface area contributed by atoms with Gasteiger partial charge in [-0.15, -0.1) is 0 Å². The lowest BCUT2D eigenvalue weighted by atomic mass is 10.3. The Labute approximate surface area is 142 Å². The molecule has 1 aliphatic heterocycles. The van der Waals surface area contributed by atoms with Gasteiger partial charge >= 0.3 is 5.69 Å². The lowest BCUT2D eigenvalue weighted by Crippen LogP contribution is -2.22. The Bertz CT molecular complexity index is 790. The van der Waals surface area contributed by atoms with Crippen molar-refractivity contribution in [1.82, 2.24) is 9.97 Å². The molecule has 0 aliphatic carbocycles. The lowest BCUT2D eigenvalue weighted by molar-refractivity contribution is -0.384. The Balaban J connectivity index is 1.80. The molecule has 2 N–H and O–H groups in total. The van der Waals surface area contributed by atoms with E-state index in [1.165, 1.54) is 30.6 Å². The summed E-state index contributed by atoms with van der Waals surface area (Å²) >= 11 is 0. The fraction of sp³-hybridized carbons (Fsp3) is 0.286. The molecule has 0 bridgehead atoms. The topological polar surface area (TPSA) is 139 Å². The predicted octanol–water partition coefficient (Wildman–Crippen LogP) is 2.33. The van der Waals surface area contributed by atoms with Crippen LogP contribution in [0.25, 0.3) is 0 Å². The molecular formula is C14H15N7O4. The molecule has 0 radical (unpaired) electrons. The van der Waals surface area contributed by atoms with Crippen LogP contribution in [0.1, 0.15) is 12.8 Å². The van der Waals surface area contributed by atoms with Crippen LogP contribution in [0, 0.1) is 20.2 Å². The summed E-state index contributed by atoms with van der Waals surface area (Å²) < 4.78 is 0. The molecule has 0 atom stereocenters. The summed E-state index contributed by atoms with van der Waals surface area (Å²) in [5.74, 6) is 0.311. The summed E-state index contributed by atoms with van der Waals surface area (Å²) in [5.41, 5.74) is 5.68. The van der Waals surface area contributed by atoms with Crippen LogP contribution in [0.2, 0.25) is 0 Å². The number of nitrogens with one attached hydrogen (secondary N) is 2. The minimum Gasteiger partial charge on any atom is -0.351 e. The Hall–Kier alpha value is -3.50. The van der Waals surface area contributed by atoms with Crippen LogP contribution in [-0.4, -0.2) is 32.9 Å². The molecule has 11 nitrogen and oxygen atoms in total. The van der Waals surface area contributed by atoms with Gasteiger partial charge in [-0.05, 0) is 25.0 Å². The van der Waals surface area contributed by atoms with Crippen molar-refractivity contribution in [3.63, 3.8) is 0 Å². The van der Waals surface area contributed by atoms with Gasteiger partial charge in [0.25, 0.3) is 5.69 Å². The first-order valence-electron chi connectivity index (χ1n) is 7.57. The number of benzene rings is 1. The highest BCUT2D eigenvalue weighted by Crippen LogP contribution is 2.33. The number of nitro groups is 2. The molecule has 0 amide bonds. The van der Waals surface area contributed by atoms with Crippen molar-refractivity contribution in [2.24, 2.45) is 0 Å². The second kappa shape index (κ2) is 6.95. The van der Waals surface area contributed by atoms with Crippen LogP contribution in [0.4, 0.5) is 28.7 Å². The third-order valence-corrected chi connectivity index (χ3v) is 3.79. The van der Waals surface area contributed by atoms with Gasteiger partial charge in [-0.25, -0.2) is 9.97 Å². The van der Waals surface area contributed by atoms with E-state index in [2.05, 4.69) is 20.8 Å². The summed E-state index contributed by atoms with van der Waals surface area (Å²) in [6.07, 6.45) is 3.19. The van der Waals surface area contributed by atoms with Crippen molar-refractivity contribution in [2.75, 3.05) is 28.8 Å². The first-order chi connectivity index (χ1) is 12.1. The second-order valence-electron chi connectivity index (χ2n) is 5.40. The number of hydrazine groups is 1. The Morgan fingerprint density at radius 3 is 2.24 bits per heavy atom. The average Bonchev–Trinajstić information content (AvgIpc) is 3.14. The maximum atomic E-state index is 11.5. The predicted molar refractivity (Wildman–Crippen MR) is 90.5 cm³/mol. The molecular weight excluding hydrogens is 330 g/mol. The van der Waals surface area contributed by atoms with Gasteiger partial charge in [0.05, 0.1) is 15.5 Å². The highest BCUT2D eigenvalue weighted by molar-refractivity contribution is 5.71. The number of aromatic nitrogens is 2. The third-order valence-electron chi connectivity index (χ3n) is 3.79. The van der Waals surface area contributed by atoms with E-state index in [0.29, 0.717) is 18.8 Å². The zero-order valence-corrected chi connectivity index (χ0v) is 13.1. The monoisotopic (exact) mass is 345 g/mol. The smallest absolute Gasteiger partial charge is 0.351 e. The van der Waals surface area contributed by atoms with Crippen molar-refractivity contribution in [1.29, 1.82) is 0 Å². The number of rotatable bonds is 6. The molecule has 1 aromatic carbocycles. The maximum Gasteiger partial charge on any atom is 0.355 e. The molecule has 3 rings (SSSR count). The molecule has 0 spiro atoms. The van der Waals surface area contributed by atoms with Crippen molar-refractivity contribution in [3.05, 3.63) is 50.8 Å². The van der Waals surface area contributed by atoms with Crippen LogP contribution >= 0.6 is 0 Å². The molecule has 0 saturated carbocycles. The van der Waals surface area contributed by atoms with Gasteiger partial charge in [0, 0.05) is 25.2 Å². The van der Waals surface area contributed by atoms with Gasteiger partial charge in [-0.1, -0.05) is 0 Å². The van der Waals surface area contributed by atoms with Crippen molar-refractivity contribution < 1.29 is 9.85 Å². The Kier molecular flexibility index (Phi) is 4.55. The summed E-state index contributed by atoms with van der Waals surface area (Å²) in [6.45, 7) is 1.43. The van der Waals surface area contributed by atoms with Gasteiger partial charge < -0.3 is 4.90 Å². The molecule has 0 unspecified atom stereocenters. The standard InChI is InChI=1S/C14H15N7O4/c22-20(23)11-5-3-10(4-6-11)17-18-13-12(21(24)25)14(16-9-15-13)19-7-1-2-8-19/h3-6,9,17H,1-2,7-8H2,(H,15,16,18). The number of hydrogen-bond acceptors (Lipinski definition) is 9. The van der Waals surface area contributed by atoms with Gasteiger partial charge in [-0.2, -0.15) is 0 Å². The SMILES string of the molecule is O=[N+]([O-])c1ccc(NNc2ncnc(N3CCCC3)c2[N+](=O)[O-])cc1. The van der Waals surface area contributed by atoms with Crippen molar-refractivity contribution in [3.8, 4) is 0 Å². The number of nitro benzene ring substituents is 1. The quantitative estimate of drug-likeness (QED) is 0.596. The number of anilines is 3. The molecule has 1 saturated heterocycles. The molecule has 2 aromatic rings. The van der Waals surface area contributed by atoms with Crippen molar-refractivity contribution >= 4 is 28.7 Å². The first-order valence-corrected chi connectivity index (χ1v) is 7.57. The van der Waals surface area contributed by atoms with Gasteiger partial charge in [-0.3, -0.25) is 31.1 Å². The van der Waals surface area contributed by atoms with E-state index in [4.69, 9.17) is 0 Å². The summed E-state index contributed by atoms with van der Waals surface area (Å²) in [5, 5.41) is 22.1. The molecule has 11 heteroatoms. The molecule has 2 heterocycles. The van der Waals surface area contributed by atoms with Crippen LogP contribution in [-0.2, 0) is 0 Å². The highest BCUT2D eigenvalue weighted by atomic mass is 16.6. The zero-order valence-electron chi connectivity index (χ0n) is 13.1. The first kappa shape index (κ1) is 16.4. The molecule has 25 heavy (non-hydrogen) atoms. The van der Waals surface area contributed by atoms with Gasteiger partial charge in [0.15, 0.2) is 0 Å². The number of non-ortho nitro benzene ring substituents is 1. The third kappa shape index (κ3) is 3.54. The Morgan fingerprint density at radius 1 is 0.960 bits per heavy atom. The van der Waals surface area contributed by atoms with Crippen molar-refractivity contribution in [2.45, 2.75) is 12.8 Å². The lowest BCUT2D eigenvalue weighted by Gasteiger charge is -2.17. The second-order valence-corrected chi connectivity index (χ2v) is 5.40. The summed E-state index contributed by atoms with van der Waals surface area (Å²) in [7, 11) is 0. The van der Waals surface area contributed by atoms with Gasteiger partial charge in [0.2, 0.25) is 11.6 Å². The zero-order chi connectivity index (χ0) is 17.8. The van der Waals surface area contributed by atoms with E-state index in [0.717, 1.165) is 12.8 Å². The van der Waals surface area contributed by atoms with E-state index in [1.807, 2.05) is 4.90 Å². The van der Waals surface area contributed by atoms with E-state index in [9.17, 15) is 20.2 Å².